The van der Waals surface area contributed by atoms with Gasteiger partial charge in [-0.05, 0) is 29.8 Å². The van der Waals surface area contributed by atoms with E-state index >= 15 is 0 Å². The summed E-state index contributed by atoms with van der Waals surface area (Å²) in [5.41, 5.74) is 2.88. The van der Waals surface area contributed by atoms with Crippen molar-refractivity contribution < 1.29 is 9.53 Å². The molecule has 1 amide bonds. The van der Waals surface area contributed by atoms with Crippen LogP contribution in [0.4, 0.5) is 11.4 Å². The fourth-order valence-electron chi connectivity index (χ4n) is 2.06. The van der Waals surface area contributed by atoms with E-state index in [2.05, 4.69) is 22.9 Å². The van der Waals surface area contributed by atoms with Gasteiger partial charge in [0, 0.05) is 31.7 Å². The molecule has 3 rings (SSSR count). The van der Waals surface area contributed by atoms with Crippen molar-refractivity contribution in [3.05, 3.63) is 42.2 Å². The number of ether oxygens (including phenoxy) is 1. The maximum Gasteiger partial charge on any atom is 0.262 e. The van der Waals surface area contributed by atoms with Gasteiger partial charge in [-0.15, -0.1) is 0 Å². The van der Waals surface area contributed by atoms with Gasteiger partial charge in [0.05, 0.1) is 5.69 Å². The molecule has 0 atom stereocenters. The monoisotopic (exact) mass is 257 g/mol. The van der Waals surface area contributed by atoms with E-state index in [9.17, 15) is 4.79 Å². The first-order valence-corrected chi connectivity index (χ1v) is 6.12. The molecule has 19 heavy (non-hydrogen) atoms. The second kappa shape index (κ2) is 4.68. The van der Waals surface area contributed by atoms with E-state index in [-0.39, 0.29) is 12.5 Å². The fraction of sp³-hybridized carbons (Fsp3) is 0.214. The summed E-state index contributed by atoms with van der Waals surface area (Å²) in [6.45, 7) is 0.832. The predicted octanol–water partition coefficient (Wildman–Crippen LogP) is 1.97. The highest BCUT2D eigenvalue weighted by Crippen LogP contribution is 2.30. The quantitative estimate of drug-likeness (QED) is 0.884. The third kappa shape index (κ3) is 2.54. The first-order chi connectivity index (χ1) is 9.20. The van der Waals surface area contributed by atoms with Crippen LogP contribution in [-0.2, 0) is 18.4 Å². The SMILES string of the molecule is Cn1ccc(CNc2ccc3c(c2)NC(=O)CO3)c1. The van der Waals surface area contributed by atoms with Crippen molar-refractivity contribution >= 4 is 17.3 Å². The van der Waals surface area contributed by atoms with Crippen LogP contribution in [0.15, 0.2) is 36.7 Å². The molecule has 0 aliphatic carbocycles. The molecule has 5 nitrogen and oxygen atoms in total. The first-order valence-electron chi connectivity index (χ1n) is 6.12. The number of benzene rings is 1. The van der Waals surface area contributed by atoms with Gasteiger partial charge in [0.15, 0.2) is 6.61 Å². The number of hydrogen-bond donors (Lipinski definition) is 2. The highest BCUT2D eigenvalue weighted by molar-refractivity contribution is 5.96. The van der Waals surface area contributed by atoms with E-state index < -0.39 is 0 Å². The summed E-state index contributed by atoms with van der Waals surface area (Å²) in [5, 5.41) is 6.11. The summed E-state index contributed by atoms with van der Waals surface area (Å²) in [6, 6.07) is 7.76. The Morgan fingerprint density at radius 2 is 2.32 bits per heavy atom. The van der Waals surface area contributed by atoms with Crippen LogP contribution >= 0.6 is 0 Å². The summed E-state index contributed by atoms with van der Waals surface area (Å²) in [7, 11) is 2.00. The second-order valence-electron chi connectivity index (χ2n) is 4.59. The van der Waals surface area contributed by atoms with Crippen LogP contribution in [-0.4, -0.2) is 17.1 Å². The van der Waals surface area contributed by atoms with Crippen LogP contribution in [0.2, 0.25) is 0 Å². The van der Waals surface area contributed by atoms with Gasteiger partial charge >= 0.3 is 0 Å². The molecule has 98 valence electrons. The Labute approximate surface area is 111 Å². The van der Waals surface area contributed by atoms with Crippen molar-refractivity contribution in [1.29, 1.82) is 0 Å². The molecule has 1 aromatic heterocycles. The molecular formula is C14H15N3O2. The Balaban J connectivity index is 1.71. The Morgan fingerprint density at radius 3 is 3.11 bits per heavy atom. The number of aromatic nitrogens is 1. The van der Waals surface area contributed by atoms with Crippen molar-refractivity contribution in [1.82, 2.24) is 4.57 Å². The lowest BCUT2D eigenvalue weighted by Crippen LogP contribution is -2.25. The molecule has 0 spiro atoms. The smallest absolute Gasteiger partial charge is 0.262 e. The van der Waals surface area contributed by atoms with Gasteiger partial charge < -0.3 is 19.9 Å². The van der Waals surface area contributed by atoms with Crippen molar-refractivity contribution in [3.63, 3.8) is 0 Å². The van der Waals surface area contributed by atoms with Gasteiger partial charge in [0.2, 0.25) is 0 Å². The minimum atomic E-state index is -0.118. The number of nitrogens with one attached hydrogen (secondary N) is 2. The van der Waals surface area contributed by atoms with Gasteiger partial charge in [-0.1, -0.05) is 0 Å². The van der Waals surface area contributed by atoms with Gasteiger partial charge in [-0.25, -0.2) is 0 Å². The number of rotatable bonds is 3. The van der Waals surface area contributed by atoms with Crippen molar-refractivity contribution in [2.24, 2.45) is 7.05 Å². The lowest BCUT2D eigenvalue weighted by Gasteiger charge is -2.18. The average Bonchev–Trinajstić information content (AvgIpc) is 2.81. The van der Waals surface area contributed by atoms with Gasteiger partial charge in [-0.3, -0.25) is 4.79 Å². The van der Waals surface area contributed by atoms with Crippen LogP contribution in [0, 0.1) is 0 Å². The van der Waals surface area contributed by atoms with E-state index in [0.29, 0.717) is 11.4 Å². The van der Waals surface area contributed by atoms with E-state index in [1.54, 1.807) is 0 Å². The van der Waals surface area contributed by atoms with Crippen molar-refractivity contribution in [3.8, 4) is 5.75 Å². The molecule has 0 saturated carbocycles. The van der Waals surface area contributed by atoms with Gasteiger partial charge in [0.25, 0.3) is 5.91 Å². The Morgan fingerprint density at radius 1 is 1.42 bits per heavy atom. The first kappa shape index (κ1) is 11.6. The van der Waals surface area contributed by atoms with E-state index in [1.807, 2.05) is 36.0 Å². The minimum absolute atomic E-state index is 0.0871. The number of hydrogen-bond acceptors (Lipinski definition) is 3. The Hall–Kier alpha value is -2.43. The molecule has 5 heteroatoms. The zero-order chi connectivity index (χ0) is 13.2. The average molecular weight is 257 g/mol. The predicted molar refractivity (Wildman–Crippen MR) is 73.3 cm³/mol. The molecule has 0 fully saturated rings. The molecule has 2 heterocycles. The largest absolute Gasteiger partial charge is 0.482 e. The van der Waals surface area contributed by atoms with Crippen LogP contribution in [0.5, 0.6) is 5.75 Å². The molecule has 2 aromatic rings. The maximum atomic E-state index is 11.3. The van der Waals surface area contributed by atoms with Crippen molar-refractivity contribution in [2.75, 3.05) is 17.2 Å². The zero-order valence-corrected chi connectivity index (χ0v) is 10.6. The highest BCUT2D eigenvalue weighted by atomic mass is 16.5. The number of carbonyl (C=O) groups excluding carboxylic acids is 1. The Kier molecular flexibility index (Phi) is 2.87. The third-order valence-electron chi connectivity index (χ3n) is 3.00. The van der Waals surface area contributed by atoms with Crippen molar-refractivity contribution in [2.45, 2.75) is 6.54 Å². The number of carbonyl (C=O) groups is 1. The number of amides is 1. The molecule has 0 unspecified atom stereocenters. The normalized spacial score (nSPS) is 13.4. The van der Waals surface area contributed by atoms with Gasteiger partial charge in [0.1, 0.15) is 5.75 Å². The molecule has 1 aromatic carbocycles. The maximum absolute atomic E-state index is 11.3. The summed E-state index contributed by atoms with van der Waals surface area (Å²) in [4.78, 5) is 11.3. The second-order valence-corrected chi connectivity index (χ2v) is 4.59. The number of anilines is 2. The van der Waals surface area contributed by atoms with Crippen LogP contribution in [0.3, 0.4) is 0 Å². The standard InChI is InChI=1S/C14H15N3O2/c1-17-5-4-10(8-17)7-15-11-2-3-13-12(6-11)16-14(18)9-19-13/h2-6,8,15H,7,9H2,1H3,(H,16,18). The third-order valence-corrected chi connectivity index (χ3v) is 3.00. The lowest BCUT2D eigenvalue weighted by molar-refractivity contribution is -0.118. The van der Waals surface area contributed by atoms with E-state index in [0.717, 1.165) is 12.2 Å². The minimum Gasteiger partial charge on any atom is -0.482 e. The molecule has 1 aliphatic rings. The Bertz CT molecular complexity index is 619. The molecule has 2 N–H and O–H groups in total. The molecule has 1 aliphatic heterocycles. The van der Waals surface area contributed by atoms with Crippen LogP contribution < -0.4 is 15.4 Å². The fourth-order valence-corrected chi connectivity index (χ4v) is 2.06. The molecular weight excluding hydrogens is 242 g/mol. The summed E-state index contributed by atoms with van der Waals surface area (Å²) < 4.78 is 7.33. The van der Waals surface area contributed by atoms with E-state index in [4.69, 9.17) is 4.74 Å². The molecule has 0 bridgehead atoms. The van der Waals surface area contributed by atoms with E-state index in [1.165, 1.54) is 5.56 Å². The van der Waals surface area contributed by atoms with Gasteiger partial charge in [-0.2, -0.15) is 0 Å². The molecule has 0 radical (unpaired) electrons. The molecule has 0 saturated heterocycles. The summed E-state index contributed by atoms with van der Waals surface area (Å²) in [6.07, 6.45) is 4.08. The summed E-state index contributed by atoms with van der Waals surface area (Å²) >= 11 is 0. The number of nitrogens with zero attached hydrogens (tertiary/aromatic N) is 1. The highest BCUT2D eigenvalue weighted by Gasteiger charge is 2.15. The number of aryl methyl sites for hydroxylation is 1. The van der Waals surface area contributed by atoms with Crippen LogP contribution in [0.25, 0.3) is 0 Å². The zero-order valence-electron chi connectivity index (χ0n) is 10.6. The lowest BCUT2D eigenvalue weighted by atomic mass is 10.2. The number of fused-ring (bicyclic) bond motifs is 1. The summed E-state index contributed by atoms with van der Waals surface area (Å²) in [5.74, 6) is 0.595. The topological polar surface area (TPSA) is 55.3 Å². The van der Waals surface area contributed by atoms with Crippen LogP contribution in [0.1, 0.15) is 5.56 Å².